The van der Waals surface area contributed by atoms with Crippen LogP contribution >= 0.6 is 0 Å². The Balaban J connectivity index is 0. The third-order valence-electron chi connectivity index (χ3n) is 2.65. The Labute approximate surface area is 152 Å². The van der Waals surface area contributed by atoms with Crippen molar-refractivity contribution in [3.63, 3.8) is 0 Å². The van der Waals surface area contributed by atoms with Crippen LogP contribution in [0.5, 0.6) is 0 Å². The SMILES string of the molecule is C#CCc1c[cH-]c2ccccc12.C[O-].C[O-].[C-]1=CC=CC1.[Zr+4]. The van der Waals surface area contributed by atoms with Crippen LogP contribution in [-0.2, 0) is 32.6 Å². The van der Waals surface area contributed by atoms with E-state index in [9.17, 15) is 0 Å². The number of allylic oxidation sites excluding steroid dienone is 4. The van der Waals surface area contributed by atoms with Gasteiger partial charge in [0, 0.05) is 0 Å². The molecule has 2 aromatic carbocycles. The van der Waals surface area contributed by atoms with Crippen LogP contribution < -0.4 is 10.2 Å². The van der Waals surface area contributed by atoms with Gasteiger partial charge in [0.25, 0.3) is 0 Å². The summed E-state index contributed by atoms with van der Waals surface area (Å²) in [6.07, 6.45) is 16.0. The second-order valence-corrected chi connectivity index (χ2v) is 3.83. The normalized spacial score (nSPS) is 9.95. The first kappa shape index (κ1) is 22.9. The third kappa shape index (κ3) is 8.20. The summed E-state index contributed by atoms with van der Waals surface area (Å²) in [5.74, 6) is 2.66. The Kier molecular flexibility index (Phi) is 16.7. The summed E-state index contributed by atoms with van der Waals surface area (Å²) in [5.41, 5.74) is 1.26. The van der Waals surface area contributed by atoms with Crippen molar-refractivity contribution in [2.24, 2.45) is 0 Å². The van der Waals surface area contributed by atoms with Crippen molar-refractivity contribution in [2.75, 3.05) is 14.2 Å². The van der Waals surface area contributed by atoms with Crippen molar-refractivity contribution in [3.05, 3.63) is 66.3 Å². The average molecular weight is 372 g/mol. The Hall–Kier alpha value is -1.33. The van der Waals surface area contributed by atoms with Gasteiger partial charge in [-0.15, -0.1) is 65.4 Å². The smallest absolute Gasteiger partial charge is 0.857 e. The zero-order valence-corrected chi connectivity index (χ0v) is 15.5. The van der Waals surface area contributed by atoms with Gasteiger partial charge < -0.3 is 10.2 Å². The van der Waals surface area contributed by atoms with Crippen LogP contribution in [0, 0.1) is 18.4 Å². The topological polar surface area (TPSA) is 46.1 Å². The van der Waals surface area contributed by atoms with Crippen LogP contribution in [0.2, 0.25) is 0 Å². The van der Waals surface area contributed by atoms with E-state index in [2.05, 4.69) is 42.3 Å². The minimum atomic E-state index is 0. The zero-order valence-electron chi connectivity index (χ0n) is 13.0. The first-order valence-electron chi connectivity index (χ1n) is 6.52. The maximum Gasteiger partial charge on any atom is 4.00 e. The van der Waals surface area contributed by atoms with Gasteiger partial charge in [-0.2, -0.15) is 20.3 Å². The molecule has 2 aromatic rings. The molecule has 0 N–H and O–H groups in total. The Morgan fingerprint density at radius 3 is 2.41 bits per heavy atom. The van der Waals surface area contributed by atoms with Crippen molar-refractivity contribution >= 4 is 10.8 Å². The molecule has 1 aliphatic carbocycles. The van der Waals surface area contributed by atoms with Crippen LogP contribution in [0.1, 0.15) is 12.0 Å². The van der Waals surface area contributed by atoms with Gasteiger partial charge in [0.1, 0.15) is 0 Å². The molecule has 0 fully saturated rings. The number of hydrogen-bond donors (Lipinski definition) is 0. The Bertz CT molecular complexity index is 579. The predicted molar refractivity (Wildman–Crippen MR) is 85.5 cm³/mol. The Morgan fingerprint density at radius 2 is 1.91 bits per heavy atom. The maximum atomic E-state index is 8.25. The second kappa shape index (κ2) is 16.1. The molecule has 0 spiro atoms. The monoisotopic (exact) mass is 370 g/mol. The molecule has 0 bridgehead atoms. The molecule has 0 amide bonds. The van der Waals surface area contributed by atoms with Crippen LogP contribution in [0.4, 0.5) is 0 Å². The van der Waals surface area contributed by atoms with Gasteiger partial charge in [0.2, 0.25) is 0 Å². The van der Waals surface area contributed by atoms with Gasteiger partial charge in [-0.1, -0.05) is 6.07 Å². The van der Waals surface area contributed by atoms with E-state index in [1.165, 1.54) is 16.3 Å². The van der Waals surface area contributed by atoms with E-state index >= 15 is 0 Å². The number of benzene rings is 1. The quantitative estimate of drug-likeness (QED) is 0.568. The molecule has 22 heavy (non-hydrogen) atoms. The zero-order chi connectivity index (χ0) is 15.9. The third-order valence-corrected chi connectivity index (χ3v) is 2.65. The van der Waals surface area contributed by atoms with E-state index in [0.717, 1.165) is 27.1 Å². The van der Waals surface area contributed by atoms with Crippen molar-refractivity contribution < 1.29 is 36.4 Å². The molecule has 0 unspecified atom stereocenters. The number of hydrogen-bond acceptors (Lipinski definition) is 2. The summed E-state index contributed by atoms with van der Waals surface area (Å²) in [4.78, 5) is 0. The van der Waals surface area contributed by atoms with Gasteiger partial charge in [-0.05, 0) is 6.42 Å². The summed E-state index contributed by atoms with van der Waals surface area (Å²) < 4.78 is 0. The van der Waals surface area contributed by atoms with E-state index < -0.39 is 0 Å². The van der Waals surface area contributed by atoms with Crippen molar-refractivity contribution in [3.8, 4) is 12.3 Å². The van der Waals surface area contributed by atoms with Crippen LogP contribution in [0.15, 0.2) is 54.6 Å². The molecule has 1 aliphatic rings. The first-order valence-corrected chi connectivity index (χ1v) is 6.52. The summed E-state index contributed by atoms with van der Waals surface area (Å²) in [6.45, 7) is 0. The van der Waals surface area contributed by atoms with Gasteiger partial charge in [-0.25, -0.2) is 12.2 Å². The molecule has 3 rings (SSSR count). The molecular weight excluding hydrogens is 351 g/mol. The summed E-state index contributed by atoms with van der Waals surface area (Å²) in [7, 11) is 1.50. The van der Waals surface area contributed by atoms with E-state index in [-0.39, 0.29) is 26.2 Å². The molecule has 112 valence electrons. The van der Waals surface area contributed by atoms with E-state index in [4.69, 9.17) is 16.6 Å². The molecule has 0 aromatic heterocycles. The van der Waals surface area contributed by atoms with Gasteiger partial charge in [-0.3, -0.25) is 6.08 Å². The molecule has 0 radical (unpaired) electrons. The molecular formula is C19H20O2Zr. The molecule has 0 saturated heterocycles. The van der Waals surface area contributed by atoms with Crippen LogP contribution in [0.25, 0.3) is 10.8 Å². The minimum absolute atomic E-state index is 0. The van der Waals surface area contributed by atoms with Gasteiger partial charge in [0.15, 0.2) is 0 Å². The van der Waals surface area contributed by atoms with Gasteiger partial charge >= 0.3 is 26.2 Å². The average Bonchev–Trinajstić information content (AvgIpc) is 3.25. The van der Waals surface area contributed by atoms with Crippen LogP contribution in [0.3, 0.4) is 0 Å². The van der Waals surface area contributed by atoms with Crippen LogP contribution in [-0.4, -0.2) is 14.2 Å². The molecule has 0 aliphatic heterocycles. The molecule has 2 nitrogen and oxygen atoms in total. The standard InChI is InChI=1S/C12H9.C5H5.2CH3O.Zr/c1-2-5-10-8-9-11-6-3-4-7-12(10)11;1-2-4-5-3-1;2*1-2;/h1,3-4,6-9H,5H2;1-3H,4H2;2*1H3;/q4*-1;+4. The van der Waals surface area contributed by atoms with Crippen molar-refractivity contribution in [2.45, 2.75) is 12.8 Å². The first-order chi connectivity index (χ1) is 10.4. The fourth-order valence-electron chi connectivity index (χ4n) is 1.82. The second-order valence-electron chi connectivity index (χ2n) is 3.83. The predicted octanol–water partition coefficient (Wildman–Crippen LogP) is 1.99. The minimum Gasteiger partial charge on any atom is -0.857 e. The largest absolute Gasteiger partial charge is 4.00 e. The fourth-order valence-corrected chi connectivity index (χ4v) is 1.82. The maximum absolute atomic E-state index is 8.25. The van der Waals surface area contributed by atoms with E-state index in [1.54, 1.807) is 0 Å². The van der Waals surface area contributed by atoms with E-state index in [0.29, 0.717) is 0 Å². The summed E-state index contributed by atoms with van der Waals surface area (Å²) in [5, 5.41) is 19.1. The molecule has 0 saturated carbocycles. The van der Waals surface area contributed by atoms with Crippen molar-refractivity contribution in [1.82, 2.24) is 0 Å². The number of rotatable bonds is 1. The number of fused-ring (bicyclic) bond motifs is 1. The number of terminal acetylenes is 1. The van der Waals surface area contributed by atoms with E-state index in [1.807, 2.05) is 24.3 Å². The van der Waals surface area contributed by atoms with Crippen molar-refractivity contribution in [1.29, 1.82) is 0 Å². The fraction of sp³-hybridized carbons (Fsp3) is 0.211. The van der Waals surface area contributed by atoms with Gasteiger partial charge in [0.05, 0.1) is 0 Å². The summed E-state index contributed by atoms with van der Waals surface area (Å²) in [6, 6.07) is 12.5. The molecule has 0 heterocycles. The summed E-state index contributed by atoms with van der Waals surface area (Å²) >= 11 is 0. The molecule has 3 heteroatoms. The Morgan fingerprint density at radius 1 is 1.23 bits per heavy atom. The molecule has 0 atom stereocenters.